The minimum absolute atomic E-state index is 0.0175. The minimum atomic E-state index is -0.712. The molecular formula is C16H19NO2S. The van der Waals surface area contributed by atoms with E-state index in [9.17, 15) is 9.90 Å². The molecule has 4 heteroatoms. The third kappa shape index (κ3) is 2.72. The molecule has 3 nitrogen and oxygen atoms in total. The Kier molecular flexibility index (Phi) is 4.03. The number of carboxylic acids is 1. The highest BCUT2D eigenvalue weighted by molar-refractivity contribution is 7.17. The van der Waals surface area contributed by atoms with Crippen LogP contribution in [0.2, 0.25) is 0 Å². The Morgan fingerprint density at radius 3 is 2.75 bits per heavy atom. The van der Waals surface area contributed by atoms with Gasteiger partial charge in [-0.25, -0.2) is 0 Å². The molecule has 1 saturated heterocycles. The molecule has 1 aromatic carbocycles. The second-order valence-electron chi connectivity index (χ2n) is 5.40. The lowest BCUT2D eigenvalue weighted by Crippen LogP contribution is -2.34. The number of benzene rings is 1. The zero-order valence-electron chi connectivity index (χ0n) is 11.4. The van der Waals surface area contributed by atoms with Crippen LogP contribution in [0.15, 0.2) is 29.6 Å². The Morgan fingerprint density at radius 2 is 2.00 bits per heavy atom. The smallest absolute Gasteiger partial charge is 0.305 e. The fourth-order valence-electron chi connectivity index (χ4n) is 3.09. The number of carboxylic acid groups (broad SMARTS) is 1. The first-order valence-electron chi connectivity index (χ1n) is 7.17. The predicted molar refractivity (Wildman–Crippen MR) is 82.2 cm³/mol. The van der Waals surface area contributed by atoms with Crippen molar-refractivity contribution in [3.05, 3.63) is 35.2 Å². The lowest BCUT2D eigenvalue weighted by Gasteiger charge is -2.33. The summed E-state index contributed by atoms with van der Waals surface area (Å²) in [7, 11) is 0. The van der Waals surface area contributed by atoms with Gasteiger partial charge in [-0.05, 0) is 48.3 Å². The highest BCUT2D eigenvalue weighted by Crippen LogP contribution is 2.36. The molecule has 1 aromatic heterocycles. The predicted octanol–water partition coefficient (Wildman–Crippen LogP) is 3.90. The fraction of sp³-hybridized carbons (Fsp3) is 0.438. The van der Waals surface area contributed by atoms with Crippen LogP contribution in [0.3, 0.4) is 0 Å². The molecule has 2 heterocycles. The van der Waals surface area contributed by atoms with Crippen LogP contribution in [0.1, 0.15) is 37.3 Å². The number of aliphatic carboxylic acids is 1. The summed E-state index contributed by atoms with van der Waals surface area (Å²) in [5.74, 6) is -0.712. The van der Waals surface area contributed by atoms with Crippen LogP contribution in [-0.4, -0.2) is 29.1 Å². The van der Waals surface area contributed by atoms with Crippen molar-refractivity contribution < 1.29 is 9.90 Å². The first-order chi connectivity index (χ1) is 9.75. The molecule has 0 saturated carbocycles. The van der Waals surface area contributed by atoms with Crippen molar-refractivity contribution in [2.45, 2.75) is 31.7 Å². The largest absolute Gasteiger partial charge is 0.481 e. The van der Waals surface area contributed by atoms with Gasteiger partial charge >= 0.3 is 5.97 Å². The van der Waals surface area contributed by atoms with Gasteiger partial charge in [-0.3, -0.25) is 9.69 Å². The number of hydrogen-bond donors (Lipinski definition) is 1. The molecule has 0 aliphatic carbocycles. The lowest BCUT2D eigenvalue weighted by atomic mass is 9.98. The third-order valence-electron chi connectivity index (χ3n) is 4.07. The Hall–Kier alpha value is -1.39. The fourth-order valence-corrected chi connectivity index (χ4v) is 4.10. The van der Waals surface area contributed by atoms with E-state index in [2.05, 4.69) is 22.4 Å². The normalized spacial score (nSPS) is 18.2. The SMILES string of the molecule is O=C(O)CC(c1csc2ccccc12)N1CCCCC1. The maximum absolute atomic E-state index is 11.3. The van der Waals surface area contributed by atoms with Gasteiger partial charge in [0, 0.05) is 10.7 Å². The molecule has 3 rings (SSSR count). The van der Waals surface area contributed by atoms with E-state index < -0.39 is 5.97 Å². The molecule has 1 unspecified atom stereocenters. The molecule has 1 fully saturated rings. The molecule has 2 aromatic rings. The standard InChI is InChI=1S/C16H19NO2S/c18-16(19)10-14(17-8-4-1-5-9-17)13-11-20-15-7-3-2-6-12(13)15/h2-3,6-7,11,14H,1,4-5,8-10H2,(H,18,19). The van der Waals surface area contributed by atoms with Gasteiger partial charge in [0.1, 0.15) is 0 Å². The average molecular weight is 289 g/mol. The van der Waals surface area contributed by atoms with E-state index in [0.29, 0.717) is 0 Å². The van der Waals surface area contributed by atoms with Crippen LogP contribution in [0.4, 0.5) is 0 Å². The summed E-state index contributed by atoms with van der Waals surface area (Å²) in [5.41, 5.74) is 1.19. The van der Waals surface area contributed by atoms with Gasteiger partial charge in [0.25, 0.3) is 0 Å². The van der Waals surface area contributed by atoms with E-state index in [4.69, 9.17) is 0 Å². The van der Waals surface area contributed by atoms with Crippen LogP contribution >= 0.6 is 11.3 Å². The zero-order chi connectivity index (χ0) is 13.9. The van der Waals surface area contributed by atoms with Gasteiger partial charge in [0.05, 0.1) is 6.42 Å². The van der Waals surface area contributed by atoms with Gasteiger partial charge in [-0.2, -0.15) is 0 Å². The van der Waals surface area contributed by atoms with Crippen molar-refractivity contribution in [3.8, 4) is 0 Å². The lowest BCUT2D eigenvalue weighted by molar-refractivity contribution is -0.138. The summed E-state index contributed by atoms with van der Waals surface area (Å²) in [6, 6.07) is 8.31. The van der Waals surface area contributed by atoms with Crippen molar-refractivity contribution >= 4 is 27.4 Å². The highest BCUT2D eigenvalue weighted by atomic mass is 32.1. The van der Waals surface area contributed by atoms with Crippen molar-refractivity contribution in [1.82, 2.24) is 4.90 Å². The average Bonchev–Trinajstić information content (AvgIpc) is 2.89. The Labute approximate surface area is 122 Å². The molecule has 20 heavy (non-hydrogen) atoms. The number of nitrogens with zero attached hydrogens (tertiary/aromatic N) is 1. The highest BCUT2D eigenvalue weighted by Gasteiger charge is 2.26. The van der Waals surface area contributed by atoms with Crippen molar-refractivity contribution in [3.63, 3.8) is 0 Å². The van der Waals surface area contributed by atoms with E-state index in [1.165, 1.54) is 34.9 Å². The molecule has 0 spiro atoms. The molecule has 0 amide bonds. The summed E-state index contributed by atoms with van der Waals surface area (Å²) in [4.78, 5) is 13.6. The monoisotopic (exact) mass is 289 g/mol. The van der Waals surface area contributed by atoms with Crippen molar-refractivity contribution in [2.24, 2.45) is 0 Å². The van der Waals surface area contributed by atoms with Gasteiger partial charge in [0.15, 0.2) is 0 Å². The third-order valence-corrected chi connectivity index (χ3v) is 5.05. The quantitative estimate of drug-likeness (QED) is 0.928. The summed E-state index contributed by atoms with van der Waals surface area (Å²) in [6.45, 7) is 2.03. The summed E-state index contributed by atoms with van der Waals surface area (Å²) in [5, 5.41) is 12.6. The number of carbonyl (C=O) groups is 1. The topological polar surface area (TPSA) is 40.5 Å². The molecule has 1 atom stereocenters. The molecule has 106 valence electrons. The molecular weight excluding hydrogens is 270 g/mol. The summed E-state index contributed by atoms with van der Waals surface area (Å²) in [6.07, 6.45) is 3.82. The molecule has 0 bridgehead atoms. The van der Waals surface area contributed by atoms with Crippen LogP contribution in [-0.2, 0) is 4.79 Å². The number of likely N-dealkylation sites (tertiary alicyclic amines) is 1. The number of rotatable bonds is 4. The van der Waals surface area contributed by atoms with Gasteiger partial charge < -0.3 is 5.11 Å². The number of thiophene rings is 1. The molecule has 1 aliphatic rings. The zero-order valence-corrected chi connectivity index (χ0v) is 12.2. The summed E-state index contributed by atoms with van der Waals surface area (Å²) < 4.78 is 1.25. The number of piperidine rings is 1. The molecule has 1 N–H and O–H groups in total. The van der Waals surface area contributed by atoms with E-state index in [1.807, 2.05) is 12.1 Å². The number of hydrogen-bond acceptors (Lipinski definition) is 3. The van der Waals surface area contributed by atoms with Crippen molar-refractivity contribution in [2.75, 3.05) is 13.1 Å². The van der Waals surface area contributed by atoms with Gasteiger partial charge in [-0.15, -0.1) is 11.3 Å². The Balaban J connectivity index is 1.97. The van der Waals surface area contributed by atoms with E-state index in [-0.39, 0.29) is 12.5 Å². The minimum Gasteiger partial charge on any atom is -0.481 e. The maximum atomic E-state index is 11.3. The summed E-state index contributed by atoms with van der Waals surface area (Å²) >= 11 is 1.71. The van der Waals surface area contributed by atoms with E-state index in [0.717, 1.165) is 13.1 Å². The maximum Gasteiger partial charge on any atom is 0.305 e. The van der Waals surface area contributed by atoms with Crippen LogP contribution in [0, 0.1) is 0 Å². The Bertz CT molecular complexity index is 601. The van der Waals surface area contributed by atoms with E-state index in [1.54, 1.807) is 11.3 Å². The van der Waals surface area contributed by atoms with E-state index >= 15 is 0 Å². The first-order valence-corrected chi connectivity index (χ1v) is 8.05. The molecule has 1 aliphatic heterocycles. The second kappa shape index (κ2) is 5.94. The van der Waals surface area contributed by atoms with Crippen LogP contribution in [0.25, 0.3) is 10.1 Å². The number of fused-ring (bicyclic) bond motifs is 1. The van der Waals surface area contributed by atoms with Crippen molar-refractivity contribution in [1.29, 1.82) is 0 Å². The van der Waals surface area contributed by atoms with Crippen LogP contribution < -0.4 is 0 Å². The Morgan fingerprint density at radius 1 is 1.25 bits per heavy atom. The van der Waals surface area contributed by atoms with Gasteiger partial charge in [0.2, 0.25) is 0 Å². The second-order valence-corrected chi connectivity index (χ2v) is 6.31. The van der Waals surface area contributed by atoms with Gasteiger partial charge in [-0.1, -0.05) is 24.6 Å². The first kappa shape index (κ1) is 13.6. The van der Waals surface area contributed by atoms with Crippen LogP contribution in [0.5, 0.6) is 0 Å². The molecule has 0 radical (unpaired) electrons.